The van der Waals surface area contributed by atoms with Crippen molar-refractivity contribution >= 4 is 0 Å². The average Bonchev–Trinajstić information content (AvgIpc) is 2.84. The zero-order valence-corrected chi connectivity index (χ0v) is 9.19. The van der Waals surface area contributed by atoms with Crippen LogP contribution < -0.4 is 5.32 Å². The normalized spacial score (nSPS) is 20.3. The van der Waals surface area contributed by atoms with Gasteiger partial charge in [-0.05, 0) is 31.1 Å². The highest BCUT2D eigenvalue weighted by molar-refractivity contribution is 4.91. The minimum absolute atomic E-state index is 0.481. The van der Waals surface area contributed by atoms with E-state index in [-0.39, 0.29) is 0 Å². The van der Waals surface area contributed by atoms with Crippen molar-refractivity contribution in [1.82, 2.24) is 5.32 Å². The summed E-state index contributed by atoms with van der Waals surface area (Å²) in [5, 5.41) is 13.4. The molecule has 1 aliphatic carbocycles. The van der Waals surface area contributed by atoms with Crippen molar-refractivity contribution < 1.29 is 5.11 Å². The van der Waals surface area contributed by atoms with Gasteiger partial charge < -0.3 is 10.4 Å². The fourth-order valence-electron chi connectivity index (χ4n) is 1.49. The predicted molar refractivity (Wildman–Crippen MR) is 55.7 cm³/mol. The molecule has 0 aromatic carbocycles. The summed E-state index contributed by atoms with van der Waals surface area (Å²) < 4.78 is 0. The van der Waals surface area contributed by atoms with E-state index in [1.54, 1.807) is 0 Å². The van der Waals surface area contributed by atoms with Gasteiger partial charge in [0, 0.05) is 13.1 Å². The Balaban J connectivity index is 2.16. The third-order valence-electron chi connectivity index (χ3n) is 3.43. The van der Waals surface area contributed by atoms with Crippen molar-refractivity contribution in [2.45, 2.75) is 52.1 Å². The molecule has 0 heterocycles. The van der Waals surface area contributed by atoms with E-state index in [0.717, 1.165) is 25.9 Å². The maximum Gasteiger partial charge on any atom is 0.0766 e. The monoisotopic (exact) mass is 185 g/mol. The molecule has 0 aliphatic heterocycles. The second-order valence-corrected chi connectivity index (χ2v) is 4.85. The maximum absolute atomic E-state index is 9.98. The van der Waals surface area contributed by atoms with Crippen molar-refractivity contribution in [3.63, 3.8) is 0 Å². The van der Waals surface area contributed by atoms with Crippen LogP contribution in [-0.2, 0) is 0 Å². The van der Waals surface area contributed by atoms with Crippen molar-refractivity contribution in [2.24, 2.45) is 5.41 Å². The van der Waals surface area contributed by atoms with Crippen molar-refractivity contribution in [1.29, 1.82) is 0 Å². The Morgan fingerprint density at radius 2 is 1.85 bits per heavy atom. The largest absolute Gasteiger partial charge is 0.389 e. The molecule has 0 radical (unpaired) electrons. The Hall–Kier alpha value is -0.0800. The molecule has 0 unspecified atom stereocenters. The Morgan fingerprint density at radius 3 is 2.23 bits per heavy atom. The molecule has 0 amide bonds. The smallest absolute Gasteiger partial charge is 0.0766 e. The number of aliphatic hydroxyl groups is 1. The lowest BCUT2D eigenvalue weighted by Crippen LogP contribution is -2.41. The topological polar surface area (TPSA) is 32.3 Å². The van der Waals surface area contributed by atoms with Gasteiger partial charge in [-0.1, -0.05) is 20.8 Å². The second-order valence-electron chi connectivity index (χ2n) is 4.85. The number of rotatable bonds is 6. The number of nitrogens with one attached hydrogen (secondary N) is 1. The lowest BCUT2D eigenvalue weighted by atomic mass is 9.97. The molecule has 0 aromatic heterocycles. The first-order chi connectivity index (χ1) is 6.04. The molecular weight excluding hydrogens is 162 g/mol. The van der Waals surface area contributed by atoms with Crippen LogP contribution >= 0.6 is 0 Å². The molecule has 0 saturated heterocycles. The van der Waals surface area contributed by atoms with Crippen LogP contribution in [-0.4, -0.2) is 23.8 Å². The third-order valence-corrected chi connectivity index (χ3v) is 3.43. The lowest BCUT2D eigenvalue weighted by Gasteiger charge is -2.26. The molecule has 1 fully saturated rings. The number of hydrogen-bond acceptors (Lipinski definition) is 2. The van der Waals surface area contributed by atoms with Gasteiger partial charge in [0.2, 0.25) is 0 Å². The fourth-order valence-corrected chi connectivity index (χ4v) is 1.49. The Kier molecular flexibility index (Phi) is 3.36. The highest BCUT2D eigenvalue weighted by Crippen LogP contribution is 2.44. The molecular formula is C11H23NO. The fraction of sp³-hybridized carbons (Fsp3) is 1.00. The summed E-state index contributed by atoms with van der Waals surface area (Å²) in [6, 6.07) is 0. The minimum Gasteiger partial charge on any atom is -0.389 e. The van der Waals surface area contributed by atoms with Gasteiger partial charge in [0.05, 0.1) is 5.60 Å². The van der Waals surface area contributed by atoms with Gasteiger partial charge in [-0.2, -0.15) is 0 Å². The van der Waals surface area contributed by atoms with Crippen LogP contribution in [0.4, 0.5) is 0 Å². The zero-order valence-electron chi connectivity index (χ0n) is 9.19. The van der Waals surface area contributed by atoms with Crippen LogP contribution in [0.15, 0.2) is 0 Å². The summed E-state index contributed by atoms with van der Waals surface area (Å²) in [5.41, 5.74) is 0.0631. The summed E-state index contributed by atoms with van der Waals surface area (Å²) in [7, 11) is 0. The van der Waals surface area contributed by atoms with Gasteiger partial charge in [-0.3, -0.25) is 0 Å². The number of hydrogen-bond donors (Lipinski definition) is 2. The molecule has 0 aromatic rings. The van der Waals surface area contributed by atoms with E-state index in [9.17, 15) is 5.11 Å². The average molecular weight is 185 g/mol. The Morgan fingerprint density at radius 1 is 1.31 bits per heavy atom. The molecule has 0 spiro atoms. The van der Waals surface area contributed by atoms with E-state index in [1.807, 2.05) is 13.8 Å². The zero-order chi connectivity index (χ0) is 9.95. The highest BCUT2D eigenvalue weighted by atomic mass is 16.3. The molecule has 2 N–H and O–H groups in total. The molecule has 0 bridgehead atoms. The molecule has 2 nitrogen and oxygen atoms in total. The van der Waals surface area contributed by atoms with Crippen LogP contribution in [0.1, 0.15) is 46.5 Å². The van der Waals surface area contributed by atoms with E-state index in [2.05, 4.69) is 12.2 Å². The van der Waals surface area contributed by atoms with Crippen molar-refractivity contribution in [3.05, 3.63) is 0 Å². The Labute approximate surface area is 81.7 Å². The first-order valence-corrected chi connectivity index (χ1v) is 5.47. The SMILES string of the molecule is CCC(O)(CC)CNCC1(C)CC1. The van der Waals surface area contributed by atoms with Crippen LogP contribution in [0, 0.1) is 5.41 Å². The second kappa shape index (κ2) is 3.97. The Bertz CT molecular complexity index is 159. The molecule has 1 rings (SSSR count). The van der Waals surface area contributed by atoms with Gasteiger partial charge in [0.25, 0.3) is 0 Å². The van der Waals surface area contributed by atoms with Crippen molar-refractivity contribution in [3.8, 4) is 0 Å². The molecule has 2 heteroatoms. The van der Waals surface area contributed by atoms with Gasteiger partial charge >= 0.3 is 0 Å². The van der Waals surface area contributed by atoms with Crippen LogP contribution in [0.2, 0.25) is 0 Å². The van der Waals surface area contributed by atoms with E-state index in [4.69, 9.17) is 0 Å². The molecule has 1 aliphatic rings. The maximum atomic E-state index is 9.98. The molecule has 1 saturated carbocycles. The van der Waals surface area contributed by atoms with Crippen LogP contribution in [0.3, 0.4) is 0 Å². The minimum atomic E-state index is -0.481. The predicted octanol–water partition coefficient (Wildman–Crippen LogP) is 1.93. The van der Waals surface area contributed by atoms with Crippen molar-refractivity contribution in [2.75, 3.05) is 13.1 Å². The van der Waals surface area contributed by atoms with Gasteiger partial charge in [0.15, 0.2) is 0 Å². The van der Waals surface area contributed by atoms with E-state index in [0.29, 0.717) is 5.41 Å². The van der Waals surface area contributed by atoms with Gasteiger partial charge in [-0.15, -0.1) is 0 Å². The van der Waals surface area contributed by atoms with E-state index < -0.39 is 5.60 Å². The van der Waals surface area contributed by atoms with E-state index in [1.165, 1.54) is 12.8 Å². The summed E-state index contributed by atoms with van der Waals surface area (Å²) in [6.07, 6.45) is 4.37. The molecule has 0 atom stereocenters. The van der Waals surface area contributed by atoms with E-state index >= 15 is 0 Å². The summed E-state index contributed by atoms with van der Waals surface area (Å²) in [6.45, 7) is 8.20. The highest BCUT2D eigenvalue weighted by Gasteiger charge is 2.37. The molecule has 13 heavy (non-hydrogen) atoms. The molecule has 78 valence electrons. The first-order valence-electron chi connectivity index (χ1n) is 5.47. The van der Waals surface area contributed by atoms with Gasteiger partial charge in [-0.25, -0.2) is 0 Å². The van der Waals surface area contributed by atoms with Gasteiger partial charge in [0.1, 0.15) is 0 Å². The quantitative estimate of drug-likeness (QED) is 0.662. The summed E-state index contributed by atoms with van der Waals surface area (Å²) in [5.74, 6) is 0. The summed E-state index contributed by atoms with van der Waals surface area (Å²) in [4.78, 5) is 0. The third kappa shape index (κ3) is 3.28. The van der Waals surface area contributed by atoms with Crippen LogP contribution in [0.5, 0.6) is 0 Å². The summed E-state index contributed by atoms with van der Waals surface area (Å²) >= 11 is 0. The lowest BCUT2D eigenvalue weighted by molar-refractivity contribution is 0.0317. The standard InChI is InChI=1S/C11H23NO/c1-4-11(13,5-2)9-12-8-10(3)6-7-10/h12-13H,4-9H2,1-3H3. The first kappa shape index (κ1) is 11.0. The van der Waals surface area contributed by atoms with Crippen LogP contribution in [0.25, 0.3) is 0 Å².